The molecule has 2 nitrogen and oxygen atoms in total. The van der Waals surface area contributed by atoms with Crippen LogP contribution in [0.15, 0.2) is 69.4 Å². The highest BCUT2D eigenvalue weighted by molar-refractivity contribution is 9.10. The van der Waals surface area contributed by atoms with E-state index in [0.717, 1.165) is 5.41 Å². The van der Waals surface area contributed by atoms with Crippen LogP contribution in [0.25, 0.3) is 5.03 Å². The molecule has 2 aromatic rings. The van der Waals surface area contributed by atoms with Gasteiger partial charge in [0.25, 0.3) is 0 Å². The van der Waals surface area contributed by atoms with E-state index in [-0.39, 0.29) is 9.93 Å². The molecule has 19 heavy (non-hydrogen) atoms. The largest absolute Gasteiger partial charge is 0.219 e. The summed E-state index contributed by atoms with van der Waals surface area (Å²) in [6.45, 7) is 0. The van der Waals surface area contributed by atoms with Gasteiger partial charge in [-0.05, 0) is 33.6 Å². The number of sulfone groups is 1. The standard InChI is InChI=1S/C14H10BrClO2S/c15-12-8-4-5-9-14(12)19(17,18)10-13(16)11-6-2-1-3-7-11/h1-10H/b13-10+. The minimum atomic E-state index is -3.58. The highest BCUT2D eigenvalue weighted by atomic mass is 79.9. The van der Waals surface area contributed by atoms with E-state index in [1.807, 2.05) is 6.07 Å². The van der Waals surface area contributed by atoms with Crippen molar-refractivity contribution >= 4 is 42.4 Å². The molecule has 0 N–H and O–H groups in total. The van der Waals surface area contributed by atoms with Gasteiger partial charge in [-0.25, -0.2) is 8.42 Å². The molecule has 2 rings (SSSR count). The van der Waals surface area contributed by atoms with Crippen LogP contribution >= 0.6 is 27.5 Å². The second-order valence-electron chi connectivity index (χ2n) is 3.81. The van der Waals surface area contributed by atoms with Crippen molar-refractivity contribution in [3.8, 4) is 0 Å². The lowest BCUT2D eigenvalue weighted by Gasteiger charge is -2.03. The molecule has 0 heterocycles. The molecular formula is C14H10BrClO2S. The molecular weight excluding hydrogens is 348 g/mol. The highest BCUT2D eigenvalue weighted by Gasteiger charge is 2.15. The molecule has 0 saturated heterocycles. The molecule has 0 aliphatic heterocycles. The molecule has 2 aromatic carbocycles. The summed E-state index contributed by atoms with van der Waals surface area (Å²) in [4.78, 5) is 0.198. The average Bonchev–Trinajstić information content (AvgIpc) is 2.39. The molecule has 0 aliphatic rings. The average molecular weight is 358 g/mol. The summed E-state index contributed by atoms with van der Waals surface area (Å²) >= 11 is 9.29. The molecule has 5 heteroatoms. The molecule has 0 aliphatic carbocycles. The molecule has 0 radical (unpaired) electrons. The zero-order chi connectivity index (χ0) is 13.9. The number of hydrogen-bond donors (Lipinski definition) is 0. The Morgan fingerprint density at radius 3 is 2.21 bits per heavy atom. The fourth-order valence-corrected chi connectivity index (χ4v) is 4.12. The van der Waals surface area contributed by atoms with E-state index in [9.17, 15) is 8.42 Å². The Morgan fingerprint density at radius 1 is 1.00 bits per heavy atom. The first kappa shape index (κ1) is 14.3. The Morgan fingerprint density at radius 2 is 1.58 bits per heavy atom. The van der Waals surface area contributed by atoms with E-state index in [2.05, 4.69) is 15.9 Å². The third-order valence-corrected chi connectivity index (χ3v) is 5.38. The zero-order valence-electron chi connectivity index (χ0n) is 9.75. The van der Waals surface area contributed by atoms with Crippen LogP contribution in [0.3, 0.4) is 0 Å². The van der Waals surface area contributed by atoms with Crippen LogP contribution in [0.4, 0.5) is 0 Å². The van der Waals surface area contributed by atoms with Crippen LogP contribution in [0, 0.1) is 0 Å². The Kier molecular flexibility index (Phi) is 4.45. The fraction of sp³-hybridized carbons (Fsp3) is 0. The Labute approximate surface area is 125 Å². The van der Waals surface area contributed by atoms with Gasteiger partial charge >= 0.3 is 0 Å². The van der Waals surface area contributed by atoms with Crippen molar-refractivity contribution in [2.24, 2.45) is 0 Å². The van der Waals surface area contributed by atoms with E-state index in [1.54, 1.807) is 42.5 Å². The van der Waals surface area contributed by atoms with E-state index in [0.29, 0.717) is 10.0 Å². The van der Waals surface area contributed by atoms with Crippen molar-refractivity contribution in [3.63, 3.8) is 0 Å². The number of hydrogen-bond acceptors (Lipinski definition) is 2. The predicted molar refractivity (Wildman–Crippen MR) is 81.6 cm³/mol. The minimum absolute atomic E-state index is 0.191. The van der Waals surface area contributed by atoms with Crippen LogP contribution in [-0.2, 0) is 9.84 Å². The third-order valence-electron chi connectivity index (χ3n) is 2.45. The van der Waals surface area contributed by atoms with Gasteiger partial charge in [-0.1, -0.05) is 54.1 Å². The van der Waals surface area contributed by atoms with Gasteiger partial charge in [0.2, 0.25) is 9.84 Å². The molecule has 0 atom stereocenters. The van der Waals surface area contributed by atoms with E-state index in [4.69, 9.17) is 11.6 Å². The molecule has 0 aromatic heterocycles. The summed E-state index contributed by atoms with van der Waals surface area (Å²) in [5.74, 6) is 0. The molecule has 0 bridgehead atoms. The number of rotatable bonds is 3. The summed E-state index contributed by atoms with van der Waals surface area (Å²) in [5.41, 5.74) is 0.666. The predicted octanol–water partition coefficient (Wildman–Crippen LogP) is 4.46. The van der Waals surface area contributed by atoms with Crippen molar-refractivity contribution in [2.75, 3.05) is 0 Å². The third kappa shape index (κ3) is 3.47. The SMILES string of the molecule is O=S(=O)(/C=C(/Cl)c1ccccc1)c1ccccc1Br. The Hall–Kier alpha value is -1.10. The first-order valence-electron chi connectivity index (χ1n) is 5.43. The maximum atomic E-state index is 12.2. The quantitative estimate of drug-likeness (QED) is 0.812. The lowest BCUT2D eigenvalue weighted by atomic mass is 10.2. The smallest absolute Gasteiger partial charge is 0.202 e. The second-order valence-corrected chi connectivity index (χ2v) is 6.83. The van der Waals surface area contributed by atoms with Crippen molar-refractivity contribution in [2.45, 2.75) is 4.90 Å². The Balaban J connectivity index is 2.45. The first-order chi connectivity index (χ1) is 9.00. The van der Waals surface area contributed by atoms with Crippen LogP contribution in [0.2, 0.25) is 0 Å². The molecule has 0 saturated carbocycles. The summed E-state index contributed by atoms with van der Waals surface area (Å²) < 4.78 is 25.0. The van der Waals surface area contributed by atoms with E-state index >= 15 is 0 Å². The highest BCUT2D eigenvalue weighted by Crippen LogP contribution is 2.27. The number of benzene rings is 2. The van der Waals surface area contributed by atoms with Gasteiger partial charge in [-0.3, -0.25) is 0 Å². The normalized spacial score (nSPS) is 12.4. The zero-order valence-corrected chi connectivity index (χ0v) is 12.9. The molecule has 0 fully saturated rings. The minimum Gasteiger partial charge on any atom is -0.219 e. The van der Waals surface area contributed by atoms with Gasteiger partial charge < -0.3 is 0 Å². The van der Waals surface area contributed by atoms with Gasteiger partial charge in [-0.2, -0.15) is 0 Å². The molecule has 0 unspecified atom stereocenters. The summed E-state index contributed by atoms with van der Waals surface area (Å²) in [5, 5.41) is 1.26. The molecule has 0 amide bonds. The lowest BCUT2D eigenvalue weighted by molar-refractivity contribution is 0.604. The maximum Gasteiger partial charge on any atom is 0.202 e. The van der Waals surface area contributed by atoms with Crippen LogP contribution in [0.5, 0.6) is 0 Å². The van der Waals surface area contributed by atoms with E-state index < -0.39 is 9.84 Å². The van der Waals surface area contributed by atoms with E-state index in [1.165, 1.54) is 6.07 Å². The van der Waals surface area contributed by atoms with Crippen LogP contribution in [0.1, 0.15) is 5.56 Å². The fourth-order valence-electron chi connectivity index (χ4n) is 1.54. The summed E-state index contributed by atoms with van der Waals surface area (Å²) in [6, 6.07) is 15.6. The van der Waals surface area contributed by atoms with Crippen molar-refractivity contribution < 1.29 is 8.42 Å². The first-order valence-corrected chi connectivity index (χ1v) is 8.15. The van der Waals surface area contributed by atoms with Crippen LogP contribution < -0.4 is 0 Å². The summed E-state index contributed by atoms with van der Waals surface area (Å²) in [6.07, 6.45) is 0. The van der Waals surface area contributed by atoms with Crippen molar-refractivity contribution in [1.29, 1.82) is 0 Å². The summed E-state index contributed by atoms with van der Waals surface area (Å²) in [7, 11) is -3.58. The number of halogens is 2. The van der Waals surface area contributed by atoms with Gasteiger partial charge in [0.1, 0.15) is 0 Å². The van der Waals surface area contributed by atoms with Crippen molar-refractivity contribution in [3.05, 3.63) is 70.0 Å². The van der Waals surface area contributed by atoms with Gasteiger partial charge in [0.05, 0.1) is 15.3 Å². The van der Waals surface area contributed by atoms with Gasteiger partial charge in [0, 0.05) is 4.47 Å². The van der Waals surface area contributed by atoms with Crippen molar-refractivity contribution in [1.82, 2.24) is 0 Å². The maximum absolute atomic E-state index is 12.2. The molecule has 0 spiro atoms. The Bertz CT molecular complexity index is 709. The lowest BCUT2D eigenvalue weighted by Crippen LogP contribution is -1.98. The monoisotopic (exact) mass is 356 g/mol. The van der Waals surface area contributed by atoms with Crippen LogP contribution in [-0.4, -0.2) is 8.42 Å². The van der Waals surface area contributed by atoms with Gasteiger partial charge in [-0.15, -0.1) is 0 Å². The second kappa shape index (κ2) is 5.90. The van der Waals surface area contributed by atoms with Gasteiger partial charge in [0.15, 0.2) is 0 Å². The molecule has 98 valence electrons. The topological polar surface area (TPSA) is 34.1 Å².